The van der Waals surface area contributed by atoms with E-state index in [0.29, 0.717) is 53.7 Å². The third-order valence-corrected chi connectivity index (χ3v) is 9.84. The van der Waals surface area contributed by atoms with Gasteiger partial charge in [-0.3, -0.25) is 14.5 Å². The Bertz CT molecular complexity index is 1890. The number of hydrogen-bond donors (Lipinski definition) is 1. The highest BCUT2D eigenvalue weighted by Gasteiger charge is 2.35. The van der Waals surface area contributed by atoms with Gasteiger partial charge in [0.15, 0.2) is 11.6 Å². The summed E-state index contributed by atoms with van der Waals surface area (Å²) in [5, 5.41) is 17.0. The van der Waals surface area contributed by atoms with Crippen LogP contribution in [0.25, 0.3) is 22.6 Å². The number of nitrogens with zero attached hydrogens (tertiary/aromatic N) is 6. The molecule has 1 amide bonds. The zero-order valence-electron chi connectivity index (χ0n) is 26.9. The first kappa shape index (κ1) is 31.5. The summed E-state index contributed by atoms with van der Waals surface area (Å²) >= 11 is 0. The van der Waals surface area contributed by atoms with Crippen LogP contribution in [0, 0.1) is 35.0 Å². The van der Waals surface area contributed by atoms with Gasteiger partial charge in [-0.1, -0.05) is 42.5 Å². The van der Waals surface area contributed by atoms with Gasteiger partial charge in [0, 0.05) is 23.7 Å². The number of nitrogens with one attached hydrogen (secondary N) is 1. The van der Waals surface area contributed by atoms with Gasteiger partial charge < -0.3 is 10.1 Å². The van der Waals surface area contributed by atoms with Crippen molar-refractivity contribution in [1.82, 2.24) is 30.0 Å². The van der Waals surface area contributed by atoms with Crippen molar-refractivity contribution in [2.45, 2.75) is 32.2 Å². The van der Waals surface area contributed by atoms with Crippen LogP contribution >= 0.6 is 0 Å². The van der Waals surface area contributed by atoms with Gasteiger partial charge in [-0.15, -0.1) is 0 Å². The number of allylic oxidation sites excluding steroid dienone is 2. The minimum absolute atomic E-state index is 0.137. The summed E-state index contributed by atoms with van der Waals surface area (Å²) in [5.41, 5.74) is 3.43. The lowest BCUT2D eigenvalue weighted by molar-refractivity contribution is -0.122. The zero-order chi connectivity index (χ0) is 32.9. The summed E-state index contributed by atoms with van der Waals surface area (Å²) in [4.78, 5) is 36.5. The lowest BCUT2D eigenvalue weighted by atomic mass is 9.93. The molecule has 0 spiro atoms. The fraction of sp³-hybridized carbons (Fsp3) is 0.368. The SMILES string of the molecule is N#Cc1cccc(-c2ccc(=O)n(Cc3cccc(-c4ncc(OCC5CCN(CC(=O)NCC6CC7C=CC6C7)CC5)cn4)c3)n2)c1. The van der Waals surface area contributed by atoms with Gasteiger partial charge in [0.05, 0.1) is 49.4 Å². The number of benzene rings is 2. The first-order chi connectivity index (χ1) is 23.5. The average Bonchev–Trinajstić information content (AvgIpc) is 3.76. The van der Waals surface area contributed by atoms with Gasteiger partial charge in [-0.2, -0.15) is 10.4 Å². The minimum Gasteiger partial charge on any atom is -0.490 e. The second kappa shape index (κ2) is 14.3. The van der Waals surface area contributed by atoms with Gasteiger partial charge in [0.25, 0.3) is 5.56 Å². The van der Waals surface area contributed by atoms with E-state index < -0.39 is 0 Å². The van der Waals surface area contributed by atoms with Crippen molar-refractivity contribution >= 4 is 5.91 Å². The first-order valence-electron chi connectivity index (χ1n) is 16.8. The highest BCUT2D eigenvalue weighted by atomic mass is 16.5. The van der Waals surface area contributed by atoms with E-state index in [0.717, 1.165) is 55.1 Å². The molecular weight excluding hydrogens is 602 g/mol. The topological polar surface area (TPSA) is 126 Å². The van der Waals surface area contributed by atoms with Gasteiger partial charge >= 0.3 is 0 Å². The molecule has 2 aromatic heterocycles. The molecule has 3 heterocycles. The van der Waals surface area contributed by atoms with Crippen LogP contribution < -0.4 is 15.6 Å². The Morgan fingerprint density at radius 2 is 1.79 bits per heavy atom. The summed E-state index contributed by atoms with van der Waals surface area (Å²) in [7, 11) is 0. The smallest absolute Gasteiger partial charge is 0.267 e. The number of rotatable bonds is 11. The Balaban J connectivity index is 0.880. The van der Waals surface area contributed by atoms with E-state index in [4.69, 9.17) is 4.74 Å². The Morgan fingerprint density at radius 3 is 2.56 bits per heavy atom. The summed E-state index contributed by atoms with van der Waals surface area (Å²) in [5.74, 6) is 3.75. The number of ether oxygens (including phenoxy) is 1. The molecule has 1 saturated carbocycles. The third kappa shape index (κ3) is 7.53. The Hall–Kier alpha value is -5.14. The number of likely N-dealkylation sites (tertiary alicyclic amines) is 1. The molecular formula is C38H39N7O3. The lowest BCUT2D eigenvalue weighted by Crippen LogP contribution is -2.43. The van der Waals surface area contributed by atoms with E-state index in [9.17, 15) is 14.9 Å². The standard InChI is InChI=1S/C38H39N7O3/c39-19-28-3-1-5-31(17-28)35-9-10-37(47)45(43-35)23-29-4-2-6-32(18-29)38-41-21-34(22-42-38)48-25-26-11-13-44(14-12-26)24-36(46)40-20-33-16-27-7-8-30(33)15-27/h1-10,17-18,21-22,26-27,30,33H,11-16,20,23-25H2,(H,40,46). The molecule has 1 N–H and O–H groups in total. The Kier molecular flexibility index (Phi) is 9.39. The highest BCUT2D eigenvalue weighted by molar-refractivity contribution is 5.78. The molecule has 3 aliphatic rings. The number of piperidine rings is 1. The van der Waals surface area contributed by atoms with E-state index >= 15 is 0 Å². The Morgan fingerprint density at radius 1 is 0.979 bits per heavy atom. The minimum atomic E-state index is -0.214. The number of nitriles is 1. The molecule has 3 unspecified atom stereocenters. The van der Waals surface area contributed by atoms with Crippen LogP contribution in [0.5, 0.6) is 5.75 Å². The fourth-order valence-electron chi connectivity index (χ4n) is 7.14. The lowest BCUT2D eigenvalue weighted by Gasteiger charge is -2.31. The van der Waals surface area contributed by atoms with E-state index in [1.807, 2.05) is 30.3 Å². The van der Waals surface area contributed by atoms with Crippen molar-refractivity contribution < 1.29 is 9.53 Å². The second-order valence-electron chi connectivity index (χ2n) is 13.2. The van der Waals surface area contributed by atoms with Crippen LogP contribution in [0.2, 0.25) is 0 Å². The van der Waals surface area contributed by atoms with Crippen LogP contribution in [0.1, 0.15) is 36.8 Å². The maximum atomic E-state index is 12.6. The van der Waals surface area contributed by atoms with E-state index in [1.54, 1.807) is 36.7 Å². The quantitative estimate of drug-likeness (QED) is 0.234. The number of aromatic nitrogens is 4. The predicted octanol–water partition coefficient (Wildman–Crippen LogP) is 4.71. The highest BCUT2D eigenvalue weighted by Crippen LogP contribution is 2.43. The maximum Gasteiger partial charge on any atom is 0.267 e. The van der Waals surface area contributed by atoms with Crippen molar-refractivity contribution in [2.75, 3.05) is 32.8 Å². The molecule has 10 nitrogen and oxygen atoms in total. The monoisotopic (exact) mass is 641 g/mol. The summed E-state index contributed by atoms with van der Waals surface area (Å²) in [6.45, 7) is 3.93. The van der Waals surface area contributed by atoms with Crippen LogP contribution in [0.3, 0.4) is 0 Å². The van der Waals surface area contributed by atoms with Crippen molar-refractivity contribution in [3.05, 3.63) is 107 Å². The van der Waals surface area contributed by atoms with Gasteiger partial charge in [0.1, 0.15) is 0 Å². The molecule has 4 aromatic rings. The fourth-order valence-corrected chi connectivity index (χ4v) is 7.14. The summed E-state index contributed by atoms with van der Waals surface area (Å²) < 4.78 is 7.48. The van der Waals surface area contributed by atoms with Crippen LogP contribution in [0.15, 0.2) is 90.0 Å². The van der Waals surface area contributed by atoms with Crippen molar-refractivity contribution in [1.29, 1.82) is 5.26 Å². The van der Waals surface area contributed by atoms with Crippen LogP contribution in [-0.2, 0) is 11.3 Å². The molecule has 1 aliphatic heterocycles. The summed E-state index contributed by atoms with van der Waals surface area (Å²) in [6.07, 6.45) is 12.5. The largest absolute Gasteiger partial charge is 0.490 e. The van der Waals surface area contributed by atoms with Crippen molar-refractivity contribution in [3.8, 4) is 34.5 Å². The molecule has 244 valence electrons. The van der Waals surface area contributed by atoms with Gasteiger partial charge in [-0.05, 0) is 92.3 Å². The average molecular weight is 642 g/mol. The molecule has 48 heavy (non-hydrogen) atoms. The molecule has 10 heteroatoms. The molecule has 2 aliphatic carbocycles. The van der Waals surface area contributed by atoms with E-state index in [1.165, 1.54) is 23.6 Å². The normalized spacial score (nSPS) is 20.4. The van der Waals surface area contributed by atoms with E-state index in [2.05, 4.69) is 43.5 Å². The molecule has 0 radical (unpaired) electrons. The van der Waals surface area contributed by atoms with Crippen molar-refractivity contribution in [2.24, 2.45) is 23.7 Å². The number of carbonyl (C=O) groups is 1. The van der Waals surface area contributed by atoms with Crippen LogP contribution in [0.4, 0.5) is 0 Å². The number of fused-ring (bicyclic) bond motifs is 2. The van der Waals surface area contributed by atoms with Gasteiger partial charge in [0.2, 0.25) is 5.91 Å². The molecule has 2 aromatic carbocycles. The number of amides is 1. The van der Waals surface area contributed by atoms with E-state index in [-0.39, 0.29) is 18.0 Å². The first-order valence-corrected chi connectivity index (χ1v) is 16.8. The summed E-state index contributed by atoms with van der Waals surface area (Å²) in [6, 6.07) is 20.2. The third-order valence-electron chi connectivity index (χ3n) is 9.84. The molecule has 7 rings (SSSR count). The molecule has 2 bridgehead atoms. The Labute approximate surface area is 280 Å². The van der Waals surface area contributed by atoms with Crippen molar-refractivity contribution in [3.63, 3.8) is 0 Å². The molecule has 2 fully saturated rings. The van der Waals surface area contributed by atoms with Gasteiger partial charge in [-0.25, -0.2) is 14.6 Å². The molecule has 1 saturated heterocycles. The zero-order valence-corrected chi connectivity index (χ0v) is 26.9. The van der Waals surface area contributed by atoms with Crippen LogP contribution in [-0.4, -0.2) is 63.3 Å². The number of hydrogen-bond acceptors (Lipinski definition) is 8. The predicted molar refractivity (Wildman–Crippen MR) is 182 cm³/mol. The molecule has 3 atom stereocenters. The maximum absolute atomic E-state index is 12.6. The number of carbonyl (C=O) groups excluding carboxylic acids is 1. The second-order valence-corrected chi connectivity index (χ2v) is 13.2.